The van der Waals surface area contributed by atoms with E-state index in [1.807, 2.05) is 4.72 Å². The summed E-state index contributed by atoms with van der Waals surface area (Å²) >= 11 is 0. The number of hydrogen-bond acceptors (Lipinski definition) is 3. The van der Waals surface area contributed by atoms with E-state index < -0.39 is 44.0 Å². The Morgan fingerprint density at radius 3 is 2.12 bits per heavy atom. The zero-order valence-electron chi connectivity index (χ0n) is 11.8. The molecule has 0 atom stereocenters. The van der Waals surface area contributed by atoms with E-state index in [4.69, 9.17) is 0 Å². The minimum atomic E-state index is -5.02. The third kappa shape index (κ3) is 2.56. The molecule has 0 aromatic heterocycles. The number of nitrogens with one attached hydrogen (secondary N) is 2. The lowest BCUT2D eigenvalue weighted by atomic mass is 10.1. The second-order valence-corrected chi connectivity index (χ2v) is 6.67. The highest BCUT2D eigenvalue weighted by atomic mass is 32.2. The minimum Gasteiger partial charge on any atom is -0.384 e. The summed E-state index contributed by atoms with van der Waals surface area (Å²) in [7, 11) is -5.02. The second-order valence-electron chi connectivity index (χ2n) is 5.05. The summed E-state index contributed by atoms with van der Waals surface area (Å²) in [5.74, 6) is -11.9. The molecule has 0 aliphatic carbocycles. The highest BCUT2D eigenvalue weighted by Gasteiger charge is 2.33. The highest BCUT2D eigenvalue weighted by Crippen LogP contribution is 2.30. The van der Waals surface area contributed by atoms with E-state index in [2.05, 4.69) is 5.32 Å². The van der Waals surface area contributed by atoms with Crippen LogP contribution in [-0.2, 0) is 16.4 Å². The van der Waals surface area contributed by atoms with Gasteiger partial charge in [-0.15, -0.1) is 0 Å². The molecule has 2 aromatic rings. The van der Waals surface area contributed by atoms with Gasteiger partial charge in [-0.3, -0.25) is 4.72 Å². The lowest BCUT2D eigenvalue weighted by Gasteiger charge is -2.12. The highest BCUT2D eigenvalue weighted by molar-refractivity contribution is 7.92. The molecule has 2 N–H and O–H groups in total. The predicted molar refractivity (Wildman–Crippen MR) is 75.7 cm³/mol. The smallest absolute Gasteiger partial charge is 0.267 e. The van der Waals surface area contributed by atoms with E-state index in [1.165, 1.54) is 12.1 Å². The van der Waals surface area contributed by atoms with Crippen molar-refractivity contribution in [3.63, 3.8) is 0 Å². The van der Waals surface area contributed by atoms with Crippen LogP contribution in [0.1, 0.15) is 5.56 Å². The largest absolute Gasteiger partial charge is 0.384 e. The molecule has 4 nitrogen and oxygen atoms in total. The van der Waals surface area contributed by atoms with Crippen molar-refractivity contribution in [2.45, 2.75) is 11.3 Å². The van der Waals surface area contributed by atoms with E-state index in [1.54, 1.807) is 6.07 Å². The second kappa shape index (κ2) is 5.62. The Kier molecular flexibility index (Phi) is 3.86. The molecule has 0 saturated carbocycles. The molecule has 0 saturated heterocycles. The number of sulfonamides is 1. The molecule has 0 fully saturated rings. The van der Waals surface area contributed by atoms with Crippen molar-refractivity contribution in [2.24, 2.45) is 0 Å². The average molecular weight is 364 g/mol. The van der Waals surface area contributed by atoms with Gasteiger partial charge in [-0.2, -0.15) is 0 Å². The number of hydrogen-bond donors (Lipinski definition) is 2. The third-order valence-corrected chi connectivity index (χ3v) is 4.91. The molecule has 0 unspecified atom stereocenters. The lowest BCUT2D eigenvalue weighted by Crippen LogP contribution is -2.19. The van der Waals surface area contributed by atoms with Crippen LogP contribution in [0.4, 0.5) is 33.3 Å². The van der Waals surface area contributed by atoms with Crippen LogP contribution >= 0.6 is 0 Å². The van der Waals surface area contributed by atoms with Crippen LogP contribution in [-0.4, -0.2) is 15.0 Å². The molecule has 0 amide bonds. The molecule has 0 radical (unpaired) electrons. The van der Waals surface area contributed by atoms with Gasteiger partial charge in [0, 0.05) is 17.9 Å². The topological polar surface area (TPSA) is 58.2 Å². The van der Waals surface area contributed by atoms with Crippen LogP contribution in [0.15, 0.2) is 23.1 Å². The first kappa shape index (κ1) is 16.5. The van der Waals surface area contributed by atoms with E-state index in [0.29, 0.717) is 13.0 Å². The molecule has 24 heavy (non-hydrogen) atoms. The molecular formula is C14H9F5N2O2S. The fraction of sp³-hybridized carbons (Fsp3) is 0.143. The molecule has 128 valence electrons. The first-order chi connectivity index (χ1) is 11.2. The van der Waals surface area contributed by atoms with Crippen molar-refractivity contribution in [3.8, 4) is 0 Å². The van der Waals surface area contributed by atoms with Gasteiger partial charge in [0.25, 0.3) is 10.0 Å². The number of halogens is 5. The first-order valence-corrected chi connectivity index (χ1v) is 8.11. The molecule has 0 spiro atoms. The summed E-state index contributed by atoms with van der Waals surface area (Å²) in [5.41, 5.74) is 1.48. The van der Waals surface area contributed by atoms with Gasteiger partial charge in [0.1, 0.15) is 0 Å². The molecular weight excluding hydrogens is 355 g/mol. The van der Waals surface area contributed by atoms with Crippen molar-refractivity contribution in [1.29, 1.82) is 0 Å². The van der Waals surface area contributed by atoms with Crippen molar-refractivity contribution < 1.29 is 30.4 Å². The van der Waals surface area contributed by atoms with E-state index in [0.717, 1.165) is 11.3 Å². The Bertz CT molecular complexity index is 918. The number of benzene rings is 2. The van der Waals surface area contributed by atoms with Gasteiger partial charge in [0.2, 0.25) is 5.82 Å². The van der Waals surface area contributed by atoms with Crippen LogP contribution in [0.3, 0.4) is 0 Å². The van der Waals surface area contributed by atoms with E-state index in [9.17, 15) is 30.4 Å². The van der Waals surface area contributed by atoms with Gasteiger partial charge >= 0.3 is 0 Å². The molecule has 1 aliphatic rings. The van der Waals surface area contributed by atoms with Crippen molar-refractivity contribution in [3.05, 3.63) is 52.8 Å². The zero-order chi connectivity index (χ0) is 17.6. The third-order valence-electron chi connectivity index (χ3n) is 3.51. The summed E-state index contributed by atoms with van der Waals surface area (Å²) in [6.45, 7) is 0.642. The summed E-state index contributed by atoms with van der Waals surface area (Å²) in [5, 5.41) is 3.02. The average Bonchev–Trinajstić information content (AvgIpc) is 2.98. The minimum absolute atomic E-state index is 0.0543. The zero-order valence-corrected chi connectivity index (χ0v) is 12.6. The normalized spacial score (nSPS) is 13.5. The molecule has 1 heterocycles. The Balaban J connectivity index is 2.06. The molecule has 10 heteroatoms. The maximum atomic E-state index is 13.7. The van der Waals surface area contributed by atoms with Gasteiger partial charge in [0.05, 0.1) is 0 Å². The Hall–Kier alpha value is -2.36. The monoisotopic (exact) mass is 364 g/mol. The summed E-state index contributed by atoms with van der Waals surface area (Å²) < 4.78 is 92.8. The maximum Gasteiger partial charge on any atom is 0.267 e. The number of anilines is 2. The van der Waals surface area contributed by atoms with Crippen LogP contribution < -0.4 is 10.0 Å². The predicted octanol–water partition coefficient (Wildman–Crippen LogP) is 3.15. The number of fused-ring (bicyclic) bond motifs is 1. The van der Waals surface area contributed by atoms with Gasteiger partial charge in [-0.05, 0) is 30.2 Å². The molecule has 0 bridgehead atoms. The molecule has 3 rings (SSSR count). The van der Waals surface area contributed by atoms with Gasteiger partial charge < -0.3 is 5.32 Å². The molecule has 1 aliphatic heterocycles. The van der Waals surface area contributed by atoms with Crippen LogP contribution in [0.25, 0.3) is 0 Å². The van der Waals surface area contributed by atoms with Gasteiger partial charge in [-0.25, -0.2) is 30.4 Å². The Morgan fingerprint density at radius 2 is 1.50 bits per heavy atom. The van der Waals surface area contributed by atoms with Crippen LogP contribution in [0.2, 0.25) is 0 Å². The molecule has 2 aromatic carbocycles. The standard InChI is InChI=1S/C14H9F5N2O2S/c15-9-10(16)12(18)14(13(19)11(9)17)24(22,23)21-7-1-2-8-6(5-7)3-4-20-8/h1-2,5,20-21H,3-4H2. The lowest BCUT2D eigenvalue weighted by molar-refractivity contribution is 0.358. The van der Waals surface area contributed by atoms with Crippen LogP contribution in [0.5, 0.6) is 0 Å². The quantitative estimate of drug-likeness (QED) is 0.500. The van der Waals surface area contributed by atoms with Gasteiger partial charge in [-0.1, -0.05) is 0 Å². The van der Waals surface area contributed by atoms with Crippen molar-refractivity contribution in [1.82, 2.24) is 0 Å². The number of rotatable bonds is 3. The Labute approximate surface area is 133 Å². The fourth-order valence-corrected chi connectivity index (χ4v) is 3.59. The SMILES string of the molecule is O=S(=O)(Nc1ccc2c(c1)CCN2)c1c(F)c(F)c(F)c(F)c1F. The fourth-order valence-electron chi connectivity index (χ4n) is 2.40. The van der Waals surface area contributed by atoms with Crippen molar-refractivity contribution >= 4 is 21.4 Å². The van der Waals surface area contributed by atoms with Crippen molar-refractivity contribution in [2.75, 3.05) is 16.6 Å². The van der Waals surface area contributed by atoms with Gasteiger partial charge in [0.15, 0.2) is 28.2 Å². The van der Waals surface area contributed by atoms with Crippen LogP contribution in [0, 0.1) is 29.1 Å². The van der Waals surface area contributed by atoms with E-state index in [-0.39, 0.29) is 5.69 Å². The Morgan fingerprint density at radius 1 is 0.917 bits per heavy atom. The summed E-state index contributed by atoms with van der Waals surface area (Å²) in [6, 6.07) is 4.26. The van der Waals surface area contributed by atoms with E-state index >= 15 is 0 Å². The maximum absolute atomic E-state index is 13.7. The first-order valence-electron chi connectivity index (χ1n) is 6.63. The summed E-state index contributed by atoms with van der Waals surface area (Å²) in [6.07, 6.45) is 0.605. The summed E-state index contributed by atoms with van der Waals surface area (Å²) in [4.78, 5) is -1.92.